The molecule has 38 heavy (non-hydrogen) atoms. The van der Waals surface area contributed by atoms with Crippen LogP contribution in [-0.2, 0) is 16.1 Å². The van der Waals surface area contributed by atoms with Crippen LogP contribution in [0.2, 0.25) is 10.0 Å². The van der Waals surface area contributed by atoms with E-state index in [2.05, 4.69) is 20.9 Å². The lowest BCUT2D eigenvalue weighted by molar-refractivity contribution is -0.121. The van der Waals surface area contributed by atoms with Crippen LogP contribution in [0.5, 0.6) is 11.5 Å². The summed E-state index contributed by atoms with van der Waals surface area (Å²) in [5.41, 5.74) is 2.54. The van der Waals surface area contributed by atoms with Gasteiger partial charge in [0.05, 0.1) is 34.8 Å². The molecule has 1 amide bonds. The second-order valence-corrected chi connectivity index (χ2v) is 10.7. The van der Waals surface area contributed by atoms with Crippen LogP contribution in [0.25, 0.3) is 6.08 Å². The lowest BCUT2D eigenvalue weighted by atomic mass is 10.1. The van der Waals surface area contributed by atoms with E-state index < -0.39 is 5.97 Å². The third-order valence-electron chi connectivity index (χ3n) is 5.45. The number of aliphatic imine (C=N–C) groups is 1. The van der Waals surface area contributed by atoms with Crippen molar-refractivity contribution in [3.8, 4) is 11.5 Å². The number of esters is 1. The zero-order valence-electron chi connectivity index (χ0n) is 20.5. The Hall–Kier alpha value is -2.98. The SMILES string of the molecule is COC(=O)c1ccc(N=C2S/C(=C\c3cc(Br)c(OCc4ccc(Cl)cc4Cl)c(OC)c3)C(=O)N2C)cc1. The zero-order chi connectivity index (χ0) is 27.4. The third kappa shape index (κ3) is 6.35. The number of methoxy groups -OCH3 is 2. The molecule has 0 spiro atoms. The molecule has 1 fully saturated rings. The fourth-order valence-electron chi connectivity index (χ4n) is 3.46. The van der Waals surface area contributed by atoms with E-state index in [0.29, 0.717) is 47.3 Å². The van der Waals surface area contributed by atoms with Crippen LogP contribution in [-0.4, -0.2) is 43.2 Å². The number of halogens is 3. The minimum atomic E-state index is -0.427. The van der Waals surface area contributed by atoms with E-state index in [1.54, 1.807) is 68.8 Å². The Labute approximate surface area is 242 Å². The fraction of sp³-hybridized carbons (Fsp3) is 0.148. The van der Waals surface area contributed by atoms with Crippen LogP contribution in [0.3, 0.4) is 0 Å². The van der Waals surface area contributed by atoms with Crippen molar-refractivity contribution in [2.24, 2.45) is 4.99 Å². The molecule has 11 heteroatoms. The minimum Gasteiger partial charge on any atom is -0.493 e. The second kappa shape index (κ2) is 12.3. The van der Waals surface area contributed by atoms with E-state index in [9.17, 15) is 9.59 Å². The predicted molar refractivity (Wildman–Crippen MR) is 155 cm³/mol. The van der Waals surface area contributed by atoms with E-state index in [4.69, 9.17) is 37.4 Å². The van der Waals surface area contributed by atoms with Crippen LogP contribution in [0.1, 0.15) is 21.5 Å². The van der Waals surface area contributed by atoms with Gasteiger partial charge in [0.15, 0.2) is 16.7 Å². The van der Waals surface area contributed by atoms with Crippen LogP contribution in [0.4, 0.5) is 5.69 Å². The lowest BCUT2D eigenvalue weighted by Crippen LogP contribution is -2.23. The van der Waals surface area contributed by atoms with Gasteiger partial charge in [-0.05, 0) is 87.9 Å². The Morgan fingerprint density at radius 1 is 1.11 bits per heavy atom. The van der Waals surface area contributed by atoms with Gasteiger partial charge in [-0.15, -0.1) is 0 Å². The lowest BCUT2D eigenvalue weighted by Gasteiger charge is -2.14. The van der Waals surface area contributed by atoms with Crippen molar-refractivity contribution in [3.63, 3.8) is 0 Å². The molecule has 7 nitrogen and oxygen atoms in total. The highest BCUT2D eigenvalue weighted by molar-refractivity contribution is 9.10. The largest absolute Gasteiger partial charge is 0.493 e. The molecule has 3 aromatic rings. The van der Waals surface area contributed by atoms with Crippen LogP contribution < -0.4 is 9.47 Å². The van der Waals surface area contributed by atoms with Crippen LogP contribution in [0.15, 0.2) is 69.0 Å². The Kier molecular flexibility index (Phi) is 9.04. The normalized spacial score (nSPS) is 15.3. The molecule has 0 atom stereocenters. The van der Waals surface area contributed by atoms with Crippen molar-refractivity contribution in [3.05, 3.63) is 90.7 Å². The Morgan fingerprint density at radius 3 is 2.50 bits per heavy atom. The van der Waals surface area contributed by atoms with Gasteiger partial charge in [-0.3, -0.25) is 9.69 Å². The maximum absolute atomic E-state index is 12.9. The summed E-state index contributed by atoms with van der Waals surface area (Å²) in [6, 6.07) is 15.5. The smallest absolute Gasteiger partial charge is 0.337 e. The molecule has 0 aromatic heterocycles. The van der Waals surface area contributed by atoms with Gasteiger partial charge in [-0.25, -0.2) is 9.79 Å². The number of amidine groups is 1. The molecule has 1 aliphatic heterocycles. The molecule has 0 bridgehead atoms. The van der Waals surface area contributed by atoms with Gasteiger partial charge >= 0.3 is 5.97 Å². The monoisotopic (exact) mass is 634 g/mol. The first-order valence-corrected chi connectivity index (χ1v) is 13.5. The molecule has 1 saturated heterocycles. The van der Waals surface area contributed by atoms with Crippen molar-refractivity contribution in [1.29, 1.82) is 0 Å². The molecule has 1 heterocycles. The molecular formula is C27H21BrCl2N2O5S. The highest BCUT2D eigenvalue weighted by atomic mass is 79.9. The number of rotatable bonds is 7. The quantitative estimate of drug-likeness (QED) is 0.199. The van der Waals surface area contributed by atoms with Crippen molar-refractivity contribution in [2.45, 2.75) is 6.61 Å². The first kappa shape index (κ1) is 28.0. The molecular weight excluding hydrogens is 615 g/mol. The maximum atomic E-state index is 12.9. The van der Waals surface area contributed by atoms with Gasteiger partial charge in [-0.1, -0.05) is 29.3 Å². The second-order valence-electron chi connectivity index (χ2n) is 7.97. The van der Waals surface area contributed by atoms with Crippen LogP contribution >= 0.6 is 50.9 Å². The summed E-state index contributed by atoms with van der Waals surface area (Å²) in [6.07, 6.45) is 1.76. The van der Waals surface area contributed by atoms with Crippen molar-refractivity contribution >= 4 is 79.7 Å². The van der Waals surface area contributed by atoms with E-state index in [-0.39, 0.29) is 12.5 Å². The summed E-state index contributed by atoms with van der Waals surface area (Å²) in [4.78, 5) is 31.1. The van der Waals surface area contributed by atoms with Crippen molar-refractivity contribution in [2.75, 3.05) is 21.3 Å². The van der Waals surface area contributed by atoms with Crippen LogP contribution in [0, 0.1) is 0 Å². The molecule has 0 N–H and O–H groups in total. The van der Waals surface area contributed by atoms with E-state index in [0.717, 1.165) is 11.1 Å². The summed E-state index contributed by atoms with van der Waals surface area (Å²) in [7, 11) is 4.53. The number of likely N-dealkylation sites (N-methyl/N-ethyl adjacent to an activating group) is 1. The number of hydrogen-bond acceptors (Lipinski definition) is 7. The minimum absolute atomic E-state index is 0.187. The summed E-state index contributed by atoms with van der Waals surface area (Å²) >= 11 is 17.0. The van der Waals surface area contributed by atoms with Crippen molar-refractivity contribution < 1.29 is 23.8 Å². The molecule has 0 unspecified atom stereocenters. The number of amides is 1. The average molecular weight is 636 g/mol. The van der Waals surface area contributed by atoms with E-state index in [1.165, 1.54) is 23.8 Å². The summed E-state index contributed by atoms with van der Waals surface area (Å²) in [5, 5.41) is 1.56. The standard InChI is InChI=1S/C27H21BrCl2N2O5S/c1-32-25(33)23(38-27(32)31-19-8-5-16(6-9-19)26(34)36-3)12-15-10-20(28)24(22(11-15)35-2)37-14-17-4-7-18(29)13-21(17)30/h4-13H,14H2,1-3H3/b23-12-,31-27?. The van der Waals surface area contributed by atoms with Gasteiger partial charge in [-0.2, -0.15) is 0 Å². The number of carbonyl (C=O) groups excluding carboxylic acids is 2. The summed E-state index contributed by atoms with van der Waals surface area (Å²) in [5.74, 6) is 0.372. The summed E-state index contributed by atoms with van der Waals surface area (Å²) in [6.45, 7) is 0.213. The molecule has 196 valence electrons. The first-order valence-electron chi connectivity index (χ1n) is 11.1. The first-order chi connectivity index (χ1) is 18.2. The Balaban J connectivity index is 1.54. The van der Waals surface area contributed by atoms with Crippen molar-refractivity contribution in [1.82, 2.24) is 4.90 Å². The van der Waals surface area contributed by atoms with E-state index in [1.807, 2.05) is 6.07 Å². The topological polar surface area (TPSA) is 77.4 Å². The average Bonchev–Trinajstić information content (AvgIpc) is 3.16. The maximum Gasteiger partial charge on any atom is 0.337 e. The Morgan fingerprint density at radius 2 is 1.84 bits per heavy atom. The third-order valence-corrected chi connectivity index (χ3v) is 7.69. The molecule has 0 saturated carbocycles. The molecule has 0 radical (unpaired) electrons. The van der Waals surface area contributed by atoms with Gasteiger partial charge < -0.3 is 14.2 Å². The highest BCUT2D eigenvalue weighted by Gasteiger charge is 2.30. The molecule has 0 aliphatic carbocycles. The van der Waals surface area contributed by atoms with E-state index >= 15 is 0 Å². The number of ether oxygens (including phenoxy) is 3. The number of hydrogen-bond donors (Lipinski definition) is 0. The molecule has 1 aliphatic rings. The Bertz CT molecular complexity index is 1460. The molecule has 3 aromatic carbocycles. The molecule has 4 rings (SSSR count). The van der Waals surface area contributed by atoms with Gasteiger partial charge in [0.25, 0.3) is 5.91 Å². The van der Waals surface area contributed by atoms with Gasteiger partial charge in [0.2, 0.25) is 0 Å². The summed E-state index contributed by atoms with van der Waals surface area (Å²) < 4.78 is 16.9. The highest BCUT2D eigenvalue weighted by Crippen LogP contribution is 2.40. The zero-order valence-corrected chi connectivity index (χ0v) is 24.4. The number of benzene rings is 3. The van der Waals surface area contributed by atoms with Gasteiger partial charge in [0.1, 0.15) is 6.61 Å². The number of carbonyl (C=O) groups is 2. The van der Waals surface area contributed by atoms with Gasteiger partial charge in [0, 0.05) is 22.7 Å². The fourth-order valence-corrected chi connectivity index (χ4v) is 5.48. The predicted octanol–water partition coefficient (Wildman–Crippen LogP) is 7.36. The number of nitrogens with zero attached hydrogens (tertiary/aromatic N) is 2. The number of thioether (sulfide) groups is 1.